The maximum absolute atomic E-state index is 13.5. The van der Waals surface area contributed by atoms with Gasteiger partial charge in [-0.25, -0.2) is 13.9 Å². The van der Waals surface area contributed by atoms with Crippen molar-refractivity contribution in [2.45, 2.75) is 38.0 Å². The highest BCUT2D eigenvalue weighted by Crippen LogP contribution is 2.32. The van der Waals surface area contributed by atoms with E-state index in [0.717, 1.165) is 5.69 Å². The molecule has 5 rings (SSSR count). The number of hydrogen-bond acceptors (Lipinski definition) is 4. The Morgan fingerprint density at radius 3 is 2.28 bits per heavy atom. The summed E-state index contributed by atoms with van der Waals surface area (Å²) in [6.45, 7) is -0.374. The third-order valence-corrected chi connectivity index (χ3v) is 6.72. The van der Waals surface area contributed by atoms with E-state index in [-0.39, 0.29) is 23.8 Å². The summed E-state index contributed by atoms with van der Waals surface area (Å²) >= 11 is 0. The maximum atomic E-state index is 13.5. The topological polar surface area (TPSA) is 61.2 Å². The Balaban J connectivity index is 1.32. The molecule has 1 aliphatic carbocycles. The maximum Gasteiger partial charge on any atom is 0.342 e. The Kier molecular flexibility index (Phi) is 7.03. The number of ketones is 1. The number of benzene rings is 3. The minimum Gasteiger partial charge on any atom is -0.454 e. The van der Waals surface area contributed by atoms with Crippen molar-refractivity contribution < 1.29 is 18.7 Å². The molecular weight excluding hydrogens is 455 g/mol. The predicted molar refractivity (Wildman–Crippen MR) is 136 cm³/mol. The van der Waals surface area contributed by atoms with E-state index in [2.05, 4.69) is 5.10 Å². The number of carbonyl (C=O) groups excluding carboxylic acids is 2. The predicted octanol–water partition coefficient (Wildman–Crippen LogP) is 6.77. The lowest BCUT2D eigenvalue weighted by Crippen LogP contribution is -2.15. The number of esters is 1. The van der Waals surface area contributed by atoms with E-state index in [9.17, 15) is 14.0 Å². The molecule has 4 aromatic rings. The molecule has 0 unspecified atom stereocenters. The molecule has 0 bridgehead atoms. The van der Waals surface area contributed by atoms with E-state index in [1.165, 1.54) is 49.8 Å². The first-order valence-electron chi connectivity index (χ1n) is 12.3. The summed E-state index contributed by atoms with van der Waals surface area (Å²) in [6, 6.07) is 22.7. The first-order chi connectivity index (χ1) is 17.6. The fraction of sp³-hybridized carbons (Fsp3) is 0.233. The minimum absolute atomic E-state index is 0.200. The summed E-state index contributed by atoms with van der Waals surface area (Å²) in [7, 11) is 0. The van der Waals surface area contributed by atoms with Gasteiger partial charge < -0.3 is 4.74 Å². The Bertz CT molecular complexity index is 1340. The van der Waals surface area contributed by atoms with Crippen LogP contribution in [0.25, 0.3) is 16.9 Å². The van der Waals surface area contributed by atoms with Crippen LogP contribution in [-0.2, 0) is 4.74 Å². The molecule has 0 N–H and O–H groups in total. The summed E-state index contributed by atoms with van der Waals surface area (Å²) in [6.07, 6.45) is 7.76. The lowest BCUT2D eigenvalue weighted by atomic mass is 9.84. The summed E-state index contributed by atoms with van der Waals surface area (Å²) < 4.78 is 20.5. The van der Waals surface area contributed by atoms with Gasteiger partial charge >= 0.3 is 5.97 Å². The summed E-state index contributed by atoms with van der Waals surface area (Å²) in [5.74, 6) is -0.752. The molecule has 6 heteroatoms. The second kappa shape index (κ2) is 10.7. The molecule has 182 valence electrons. The van der Waals surface area contributed by atoms with Gasteiger partial charge in [0, 0.05) is 17.3 Å². The van der Waals surface area contributed by atoms with E-state index in [1.807, 2.05) is 54.6 Å². The molecule has 36 heavy (non-hydrogen) atoms. The van der Waals surface area contributed by atoms with E-state index < -0.39 is 5.97 Å². The SMILES string of the molecule is O=C(COC(=O)c1cn(-c2ccccc2)nc1-c1ccc(F)cc1)c1ccc(C2CCCCC2)cc1. The van der Waals surface area contributed by atoms with Gasteiger partial charge in [0.2, 0.25) is 0 Å². The molecule has 5 nitrogen and oxygen atoms in total. The van der Waals surface area contributed by atoms with Crippen LogP contribution in [0.3, 0.4) is 0 Å². The lowest BCUT2D eigenvalue weighted by Gasteiger charge is -2.22. The zero-order valence-corrected chi connectivity index (χ0v) is 19.9. The van der Waals surface area contributed by atoms with Gasteiger partial charge in [0.15, 0.2) is 12.4 Å². The Hall–Kier alpha value is -4.06. The first kappa shape index (κ1) is 23.7. The number of aromatic nitrogens is 2. The quantitative estimate of drug-likeness (QED) is 0.216. The molecule has 1 saturated carbocycles. The molecular formula is C30H27FN2O3. The zero-order valence-electron chi connectivity index (χ0n) is 19.9. The van der Waals surface area contributed by atoms with Crippen molar-refractivity contribution in [3.8, 4) is 16.9 Å². The van der Waals surface area contributed by atoms with Gasteiger partial charge in [-0.2, -0.15) is 5.10 Å². The second-order valence-corrected chi connectivity index (χ2v) is 9.13. The first-order valence-corrected chi connectivity index (χ1v) is 12.3. The average molecular weight is 483 g/mol. The van der Waals surface area contributed by atoms with Crippen LogP contribution < -0.4 is 0 Å². The molecule has 0 amide bonds. The highest BCUT2D eigenvalue weighted by Gasteiger charge is 2.22. The number of Topliss-reactive ketones (excluding diaryl/α,β-unsaturated/α-hetero) is 1. The number of para-hydroxylation sites is 1. The van der Waals surface area contributed by atoms with E-state index in [0.29, 0.717) is 22.7 Å². The Labute approximate surface area is 209 Å². The minimum atomic E-state index is -0.663. The van der Waals surface area contributed by atoms with Crippen LogP contribution in [0.4, 0.5) is 4.39 Å². The number of rotatable bonds is 7. The van der Waals surface area contributed by atoms with Crippen molar-refractivity contribution in [2.24, 2.45) is 0 Å². The Morgan fingerprint density at radius 2 is 1.58 bits per heavy atom. The molecule has 0 atom stereocenters. The van der Waals surface area contributed by atoms with Gasteiger partial charge in [-0.15, -0.1) is 0 Å². The summed E-state index contributed by atoms with van der Waals surface area (Å²) in [4.78, 5) is 25.8. The Morgan fingerprint density at radius 1 is 0.889 bits per heavy atom. The monoisotopic (exact) mass is 482 g/mol. The molecule has 0 aliphatic heterocycles. The van der Waals surface area contributed by atoms with E-state index in [4.69, 9.17) is 4.74 Å². The van der Waals surface area contributed by atoms with E-state index in [1.54, 1.807) is 23.0 Å². The van der Waals surface area contributed by atoms with Crippen molar-refractivity contribution in [1.29, 1.82) is 0 Å². The second-order valence-electron chi connectivity index (χ2n) is 9.13. The van der Waals surface area contributed by atoms with Gasteiger partial charge in [0.25, 0.3) is 0 Å². The molecule has 1 aromatic heterocycles. The molecule has 1 heterocycles. The highest BCUT2D eigenvalue weighted by atomic mass is 19.1. The van der Waals surface area contributed by atoms with Crippen LogP contribution in [0.1, 0.15) is 64.3 Å². The summed E-state index contributed by atoms with van der Waals surface area (Å²) in [5.41, 5.74) is 3.66. The normalized spacial score (nSPS) is 13.9. The molecule has 3 aromatic carbocycles. The number of halogens is 1. The van der Waals surface area contributed by atoms with Gasteiger partial charge in [-0.1, -0.05) is 61.7 Å². The molecule has 1 aliphatic rings. The van der Waals surface area contributed by atoms with Crippen LogP contribution in [0.15, 0.2) is 85.1 Å². The van der Waals surface area contributed by atoms with E-state index >= 15 is 0 Å². The third-order valence-electron chi connectivity index (χ3n) is 6.72. The van der Waals surface area contributed by atoms with Crippen molar-refractivity contribution in [2.75, 3.05) is 6.61 Å². The van der Waals surface area contributed by atoms with Crippen molar-refractivity contribution in [3.05, 3.63) is 108 Å². The summed E-state index contributed by atoms with van der Waals surface area (Å²) in [5, 5.41) is 4.55. The third kappa shape index (κ3) is 5.28. The van der Waals surface area contributed by atoms with Gasteiger partial charge in [-0.3, -0.25) is 4.79 Å². The zero-order chi connectivity index (χ0) is 24.9. The van der Waals surface area contributed by atoms with Gasteiger partial charge in [0.05, 0.1) is 5.69 Å². The lowest BCUT2D eigenvalue weighted by molar-refractivity contribution is 0.0475. The number of ether oxygens (including phenoxy) is 1. The van der Waals surface area contributed by atoms with Gasteiger partial charge in [-0.05, 0) is 60.7 Å². The fourth-order valence-corrected chi connectivity index (χ4v) is 4.73. The van der Waals surface area contributed by atoms with Crippen molar-refractivity contribution in [3.63, 3.8) is 0 Å². The van der Waals surface area contributed by atoms with Crippen molar-refractivity contribution >= 4 is 11.8 Å². The van der Waals surface area contributed by atoms with Crippen LogP contribution in [-0.4, -0.2) is 28.1 Å². The molecule has 1 fully saturated rings. The number of carbonyl (C=O) groups is 2. The highest BCUT2D eigenvalue weighted by molar-refractivity contribution is 6.01. The van der Waals surface area contributed by atoms with Gasteiger partial charge in [0.1, 0.15) is 17.1 Å². The van der Waals surface area contributed by atoms with Crippen LogP contribution in [0.5, 0.6) is 0 Å². The molecule has 0 spiro atoms. The molecule has 0 radical (unpaired) electrons. The number of nitrogens with zero attached hydrogens (tertiary/aromatic N) is 2. The van der Waals surface area contributed by atoms with Crippen LogP contribution >= 0.6 is 0 Å². The van der Waals surface area contributed by atoms with Crippen molar-refractivity contribution in [1.82, 2.24) is 9.78 Å². The smallest absolute Gasteiger partial charge is 0.342 e. The molecule has 0 saturated heterocycles. The fourth-order valence-electron chi connectivity index (χ4n) is 4.73. The standard InChI is InChI=1S/C30H27FN2O3/c31-25-17-15-24(16-18-25)29-27(19-33(32-29)26-9-5-2-6-10-26)30(35)36-20-28(34)23-13-11-22(12-14-23)21-7-3-1-4-8-21/h2,5-6,9-19,21H,1,3-4,7-8,20H2. The largest absolute Gasteiger partial charge is 0.454 e. The average Bonchev–Trinajstić information content (AvgIpc) is 3.39. The van der Waals surface area contributed by atoms with Crippen LogP contribution in [0.2, 0.25) is 0 Å². The van der Waals surface area contributed by atoms with Crippen LogP contribution in [0, 0.1) is 5.82 Å². The number of hydrogen-bond donors (Lipinski definition) is 0.